The first-order valence-corrected chi connectivity index (χ1v) is 6.27. The van der Waals surface area contributed by atoms with E-state index in [2.05, 4.69) is 0 Å². The molecule has 0 heterocycles. The van der Waals surface area contributed by atoms with Crippen LogP contribution in [0.1, 0.15) is 37.0 Å². The molecular formula is C15H18O3. The summed E-state index contributed by atoms with van der Waals surface area (Å²) in [7, 11) is 0. The molecule has 1 atom stereocenters. The van der Waals surface area contributed by atoms with Crippen molar-refractivity contribution in [1.82, 2.24) is 0 Å². The maximum atomic E-state index is 11.7. The Balaban J connectivity index is 1.77. The van der Waals surface area contributed by atoms with Gasteiger partial charge in [0, 0.05) is 11.8 Å². The van der Waals surface area contributed by atoms with Gasteiger partial charge in [-0.2, -0.15) is 0 Å². The predicted octanol–water partition coefficient (Wildman–Crippen LogP) is 2.85. The summed E-state index contributed by atoms with van der Waals surface area (Å²) in [5.74, 6) is 0.356. The van der Waals surface area contributed by atoms with E-state index in [1.54, 1.807) is 12.1 Å². The molecule has 0 radical (unpaired) electrons. The molecule has 0 bridgehead atoms. The monoisotopic (exact) mass is 246 g/mol. The molecule has 0 spiro atoms. The van der Waals surface area contributed by atoms with Crippen LogP contribution in [0.15, 0.2) is 30.3 Å². The molecule has 1 fully saturated rings. The van der Waals surface area contributed by atoms with Crippen LogP contribution >= 0.6 is 0 Å². The molecule has 0 N–H and O–H groups in total. The fourth-order valence-corrected chi connectivity index (χ4v) is 2.25. The number of carbonyl (C=O) groups is 2. The summed E-state index contributed by atoms with van der Waals surface area (Å²) in [6.07, 6.45) is 1.38. The highest BCUT2D eigenvalue weighted by atomic mass is 16.5. The molecule has 0 aliphatic heterocycles. The highest BCUT2D eigenvalue weighted by molar-refractivity contribution is 5.90. The first kappa shape index (κ1) is 12.8. The van der Waals surface area contributed by atoms with Crippen LogP contribution in [0.5, 0.6) is 0 Å². The van der Waals surface area contributed by atoms with E-state index in [4.69, 9.17) is 4.74 Å². The molecule has 3 nitrogen and oxygen atoms in total. The van der Waals surface area contributed by atoms with Gasteiger partial charge in [0.15, 0.2) is 0 Å². The van der Waals surface area contributed by atoms with Gasteiger partial charge in [-0.25, -0.2) is 4.79 Å². The van der Waals surface area contributed by atoms with Crippen molar-refractivity contribution >= 4 is 11.8 Å². The van der Waals surface area contributed by atoms with Gasteiger partial charge in [-0.3, -0.25) is 4.79 Å². The maximum Gasteiger partial charge on any atom is 0.338 e. The van der Waals surface area contributed by atoms with E-state index in [1.807, 2.05) is 32.0 Å². The summed E-state index contributed by atoms with van der Waals surface area (Å²) < 4.78 is 5.21. The van der Waals surface area contributed by atoms with E-state index in [1.165, 1.54) is 0 Å². The Morgan fingerprint density at radius 1 is 1.33 bits per heavy atom. The second-order valence-corrected chi connectivity index (χ2v) is 5.34. The lowest BCUT2D eigenvalue weighted by atomic mass is 9.60. The normalized spacial score (nSPS) is 21.2. The van der Waals surface area contributed by atoms with E-state index < -0.39 is 0 Å². The summed E-state index contributed by atoms with van der Waals surface area (Å²) in [4.78, 5) is 23.0. The van der Waals surface area contributed by atoms with Crippen molar-refractivity contribution < 1.29 is 14.3 Å². The summed E-state index contributed by atoms with van der Waals surface area (Å²) >= 11 is 0. The molecule has 3 heteroatoms. The van der Waals surface area contributed by atoms with Gasteiger partial charge in [0.05, 0.1) is 12.2 Å². The number of Topliss-reactive ketones (excluding diaryl/α,β-unsaturated/α-hetero) is 1. The zero-order chi connectivity index (χ0) is 13.2. The third-order valence-electron chi connectivity index (χ3n) is 3.88. The van der Waals surface area contributed by atoms with Gasteiger partial charge in [-0.05, 0) is 24.5 Å². The Kier molecular flexibility index (Phi) is 3.50. The van der Waals surface area contributed by atoms with Crippen LogP contribution in [0, 0.1) is 11.3 Å². The lowest BCUT2D eigenvalue weighted by Crippen LogP contribution is -2.45. The molecule has 0 amide bonds. The van der Waals surface area contributed by atoms with E-state index in [-0.39, 0.29) is 11.4 Å². The summed E-state index contributed by atoms with van der Waals surface area (Å²) in [5.41, 5.74) is 0.334. The van der Waals surface area contributed by atoms with Gasteiger partial charge < -0.3 is 4.74 Å². The third-order valence-corrected chi connectivity index (χ3v) is 3.88. The number of esters is 1. The van der Waals surface area contributed by atoms with Crippen molar-refractivity contribution in [3.05, 3.63) is 35.9 Å². The number of hydrogen-bond donors (Lipinski definition) is 0. The van der Waals surface area contributed by atoms with Gasteiger partial charge in [0.2, 0.25) is 0 Å². The minimum Gasteiger partial charge on any atom is -0.462 e. The molecule has 0 unspecified atom stereocenters. The zero-order valence-electron chi connectivity index (χ0n) is 10.8. The van der Waals surface area contributed by atoms with Crippen LogP contribution in [0.3, 0.4) is 0 Å². The van der Waals surface area contributed by atoms with Gasteiger partial charge >= 0.3 is 5.97 Å². The minimum absolute atomic E-state index is 0.237. The quantitative estimate of drug-likeness (QED) is 0.767. The number of benzene rings is 1. The summed E-state index contributed by atoms with van der Waals surface area (Å²) in [5, 5.41) is 0. The lowest BCUT2D eigenvalue weighted by molar-refractivity contribution is -0.143. The van der Waals surface area contributed by atoms with Crippen molar-refractivity contribution in [2.24, 2.45) is 11.3 Å². The van der Waals surface area contributed by atoms with Crippen molar-refractivity contribution in [2.45, 2.75) is 26.7 Å². The molecule has 1 aliphatic rings. The Hall–Kier alpha value is -1.64. The van der Waals surface area contributed by atoms with Gasteiger partial charge in [0.25, 0.3) is 0 Å². The largest absolute Gasteiger partial charge is 0.462 e. The maximum absolute atomic E-state index is 11.7. The first-order chi connectivity index (χ1) is 8.51. The van der Waals surface area contributed by atoms with Gasteiger partial charge in [0.1, 0.15) is 5.78 Å². The standard InChI is InChI=1S/C15H18O3/c1-15(2)12(10-13(15)16)8-9-18-14(17)11-6-4-3-5-7-11/h3-7,12H,8-10H2,1-2H3/t12-/m0/s1. The average Bonchev–Trinajstić information content (AvgIpc) is 2.38. The molecule has 96 valence electrons. The molecule has 0 saturated heterocycles. The van der Waals surface area contributed by atoms with Crippen molar-refractivity contribution in [3.8, 4) is 0 Å². The number of ether oxygens (including phenoxy) is 1. The third kappa shape index (κ3) is 2.45. The topological polar surface area (TPSA) is 43.4 Å². The van der Waals surface area contributed by atoms with Crippen LogP contribution in [-0.2, 0) is 9.53 Å². The highest BCUT2D eigenvalue weighted by Crippen LogP contribution is 2.44. The Bertz CT molecular complexity index is 448. The summed E-state index contributed by atoms with van der Waals surface area (Å²) in [6.45, 7) is 4.31. The van der Waals surface area contributed by atoms with Gasteiger partial charge in [-0.1, -0.05) is 32.0 Å². The van der Waals surface area contributed by atoms with Gasteiger partial charge in [-0.15, -0.1) is 0 Å². The van der Waals surface area contributed by atoms with Crippen molar-refractivity contribution in [3.63, 3.8) is 0 Å². The predicted molar refractivity (Wildman–Crippen MR) is 68.2 cm³/mol. The number of rotatable bonds is 4. The molecule has 1 aliphatic carbocycles. The van der Waals surface area contributed by atoms with Crippen LogP contribution in [0.25, 0.3) is 0 Å². The fraction of sp³-hybridized carbons (Fsp3) is 0.467. The van der Waals surface area contributed by atoms with Crippen LogP contribution in [0.4, 0.5) is 0 Å². The van der Waals surface area contributed by atoms with Crippen molar-refractivity contribution in [1.29, 1.82) is 0 Å². The van der Waals surface area contributed by atoms with Crippen LogP contribution in [0.2, 0.25) is 0 Å². The highest BCUT2D eigenvalue weighted by Gasteiger charge is 2.46. The minimum atomic E-state index is -0.293. The number of ketones is 1. The Labute approximate surface area is 107 Å². The molecule has 18 heavy (non-hydrogen) atoms. The molecule has 2 rings (SSSR count). The Morgan fingerprint density at radius 3 is 2.56 bits per heavy atom. The molecule has 1 aromatic rings. The van der Waals surface area contributed by atoms with E-state index in [0.29, 0.717) is 30.3 Å². The van der Waals surface area contributed by atoms with Crippen LogP contribution in [-0.4, -0.2) is 18.4 Å². The zero-order valence-corrected chi connectivity index (χ0v) is 10.8. The molecule has 1 saturated carbocycles. The summed E-state index contributed by atoms with van der Waals surface area (Å²) in [6, 6.07) is 8.95. The van der Waals surface area contributed by atoms with Crippen molar-refractivity contribution in [2.75, 3.05) is 6.61 Å². The number of hydrogen-bond acceptors (Lipinski definition) is 3. The second kappa shape index (κ2) is 4.92. The lowest BCUT2D eigenvalue weighted by Gasteiger charge is -2.42. The second-order valence-electron chi connectivity index (χ2n) is 5.34. The fourth-order valence-electron chi connectivity index (χ4n) is 2.25. The van der Waals surface area contributed by atoms with Crippen LogP contribution < -0.4 is 0 Å². The van der Waals surface area contributed by atoms with E-state index in [0.717, 1.165) is 6.42 Å². The molecular weight excluding hydrogens is 228 g/mol. The Morgan fingerprint density at radius 2 is 2.00 bits per heavy atom. The first-order valence-electron chi connectivity index (χ1n) is 6.27. The van der Waals surface area contributed by atoms with E-state index in [9.17, 15) is 9.59 Å². The SMILES string of the molecule is CC1(C)C(=O)C[C@@H]1CCOC(=O)c1ccccc1. The molecule has 1 aromatic carbocycles. The van der Waals surface area contributed by atoms with E-state index >= 15 is 0 Å². The number of carbonyl (C=O) groups excluding carboxylic acids is 2. The average molecular weight is 246 g/mol. The smallest absolute Gasteiger partial charge is 0.338 e. The molecule has 0 aromatic heterocycles.